The average Bonchev–Trinajstić information content (AvgIpc) is 3.23. The van der Waals surface area contributed by atoms with Crippen LogP contribution in [0.1, 0.15) is 66.4 Å². The van der Waals surface area contributed by atoms with Crippen LogP contribution in [0.25, 0.3) is 16.6 Å². The van der Waals surface area contributed by atoms with Crippen LogP contribution in [0.2, 0.25) is 0 Å². The fraction of sp³-hybridized carbons (Fsp3) is 0.296. The highest BCUT2D eigenvalue weighted by molar-refractivity contribution is 5.81. The van der Waals surface area contributed by atoms with Crippen LogP contribution in [0.3, 0.4) is 0 Å². The van der Waals surface area contributed by atoms with E-state index in [1.54, 1.807) is 0 Å². The number of hydrogen-bond acceptors (Lipinski definition) is 2. The number of benzene rings is 3. The quantitative estimate of drug-likeness (QED) is 0.430. The molecule has 0 amide bonds. The van der Waals surface area contributed by atoms with E-state index in [0.29, 0.717) is 5.92 Å². The van der Waals surface area contributed by atoms with Crippen molar-refractivity contribution < 1.29 is 5.11 Å². The summed E-state index contributed by atoms with van der Waals surface area (Å²) in [6.45, 7) is 2.09. The van der Waals surface area contributed by atoms with Gasteiger partial charge in [-0.3, -0.25) is 0 Å². The van der Waals surface area contributed by atoms with Gasteiger partial charge in [0.05, 0.1) is 17.4 Å². The summed E-state index contributed by atoms with van der Waals surface area (Å²) in [6, 6.07) is 23.0. The molecule has 5 rings (SSSR count). The van der Waals surface area contributed by atoms with Gasteiger partial charge in [-0.2, -0.15) is 5.10 Å². The van der Waals surface area contributed by atoms with Gasteiger partial charge in [-0.25, -0.2) is 4.68 Å². The number of aliphatic hydroxyl groups excluding tert-OH is 1. The second kappa shape index (κ2) is 8.08. The van der Waals surface area contributed by atoms with Crippen LogP contribution < -0.4 is 0 Å². The van der Waals surface area contributed by atoms with E-state index >= 15 is 0 Å². The summed E-state index contributed by atoms with van der Waals surface area (Å²) in [6.07, 6.45) is 7.65. The number of aryl methyl sites for hydroxylation is 1. The summed E-state index contributed by atoms with van der Waals surface area (Å²) < 4.78 is 1.96. The normalized spacial score (nSPS) is 16.1. The van der Waals surface area contributed by atoms with Crippen LogP contribution >= 0.6 is 0 Å². The van der Waals surface area contributed by atoms with E-state index < -0.39 is 6.10 Å². The summed E-state index contributed by atoms with van der Waals surface area (Å²) >= 11 is 0. The summed E-state index contributed by atoms with van der Waals surface area (Å²) in [5.74, 6) is 0.567. The van der Waals surface area contributed by atoms with Gasteiger partial charge in [0.25, 0.3) is 0 Å². The Bertz CT molecular complexity index is 1150. The lowest BCUT2D eigenvalue weighted by molar-refractivity contribution is 0.218. The predicted octanol–water partition coefficient (Wildman–Crippen LogP) is 6.46. The van der Waals surface area contributed by atoms with Crippen molar-refractivity contribution in [1.29, 1.82) is 0 Å². The highest BCUT2D eigenvalue weighted by atomic mass is 16.3. The Morgan fingerprint density at radius 2 is 1.70 bits per heavy atom. The summed E-state index contributed by atoms with van der Waals surface area (Å²) in [7, 11) is 0. The van der Waals surface area contributed by atoms with Crippen LogP contribution in [0, 0.1) is 6.92 Å². The molecule has 3 heteroatoms. The second-order valence-electron chi connectivity index (χ2n) is 8.58. The molecule has 1 atom stereocenters. The molecular weight excluding hydrogens is 368 g/mol. The lowest BCUT2D eigenvalue weighted by Gasteiger charge is -2.26. The smallest absolute Gasteiger partial charge is 0.104 e. The number of hydrogen-bond donors (Lipinski definition) is 1. The van der Waals surface area contributed by atoms with Gasteiger partial charge >= 0.3 is 0 Å². The van der Waals surface area contributed by atoms with Crippen molar-refractivity contribution in [3.63, 3.8) is 0 Å². The third-order valence-electron chi connectivity index (χ3n) is 6.52. The Balaban J connectivity index is 1.49. The van der Waals surface area contributed by atoms with E-state index in [1.165, 1.54) is 43.2 Å². The molecule has 152 valence electrons. The van der Waals surface area contributed by atoms with Crippen LogP contribution in [-0.4, -0.2) is 14.9 Å². The molecule has 1 aromatic heterocycles. The SMILES string of the molecule is Cc1ccc(-n2ncc3cc(C(O)c4ccccc4C4CCCCC4)ccc32)cc1. The molecule has 0 radical (unpaired) electrons. The third kappa shape index (κ3) is 3.54. The second-order valence-corrected chi connectivity index (χ2v) is 8.58. The molecule has 1 aliphatic carbocycles. The third-order valence-corrected chi connectivity index (χ3v) is 6.52. The minimum atomic E-state index is -0.616. The predicted molar refractivity (Wildman–Crippen MR) is 122 cm³/mol. The van der Waals surface area contributed by atoms with Crippen LogP contribution in [0.4, 0.5) is 0 Å². The van der Waals surface area contributed by atoms with Gasteiger partial charge in [0.15, 0.2) is 0 Å². The first-order chi connectivity index (χ1) is 14.7. The number of nitrogens with zero attached hydrogens (tertiary/aromatic N) is 2. The number of aliphatic hydroxyl groups is 1. The van der Waals surface area contributed by atoms with Crippen molar-refractivity contribution in [1.82, 2.24) is 9.78 Å². The van der Waals surface area contributed by atoms with Gasteiger partial charge in [0.1, 0.15) is 6.10 Å². The zero-order chi connectivity index (χ0) is 20.5. The number of fused-ring (bicyclic) bond motifs is 1. The van der Waals surface area contributed by atoms with Crippen molar-refractivity contribution in [2.75, 3.05) is 0 Å². The fourth-order valence-electron chi connectivity index (χ4n) is 4.84. The first-order valence-corrected chi connectivity index (χ1v) is 11.0. The molecule has 1 N–H and O–H groups in total. The van der Waals surface area contributed by atoms with Crippen LogP contribution in [0.5, 0.6) is 0 Å². The molecule has 0 aliphatic heterocycles. The summed E-state index contributed by atoms with van der Waals surface area (Å²) in [5, 5.41) is 16.9. The lowest BCUT2D eigenvalue weighted by Crippen LogP contribution is -2.10. The highest BCUT2D eigenvalue weighted by Crippen LogP contribution is 2.38. The lowest BCUT2D eigenvalue weighted by atomic mass is 9.80. The summed E-state index contributed by atoms with van der Waals surface area (Å²) in [4.78, 5) is 0. The molecule has 1 fully saturated rings. The monoisotopic (exact) mass is 396 g/mol. The molecule has 0 spiro atoms. The van der Waals surface area contributed by atoms with Crippen molar-refractivity contribution in [2.45, 2.75) is 51.0 Å². The molecule has 3 aromatic carbocycles. The van der Waals surface area contributed by atoms with Crippen LogP contribution in [-0.2, 0) is 0 Å². The molecule has 1 heterocycles. The summed E-state index contributed by atoms with van der Waals surface area (Å²) in [5.41, 5.74) is 6.63. The topological polar surface area (TPSA) is 38.0 Å². The van der Waals surface area contributed by atoms with E-state index in [2.05, 4.69) is 66.6 Å². The van der Waals surface area contributed by atoms with Crippen molar-refractivity contribution >= 4 is 10.9 Å². The molecule has 1 saturated carbocycles. The Labute approximate surface area is 178 Å². The van der Waals surface area contributed by atoms with E-state index in [4.69, 9.17) is 0 Å². The van der Waals surface area contributed by atoms with E-state index in [1.807, 2.05) is 23.0 Å². The van der Waals surface area contributed by atoms with E-state index in [9.17, 15) is 5.11 Å². The first-order valence-electron chi connectivity index (χ1n) is 11.0. The minimum Gasteiger partial charge on any atom is -0.384 e. The Hall–Kier alpha value is -2.91. The maximum Gasteiger partial charge on any atom is 0.104 e. The Morgan fingerprint density at radius 3 is 2.50 bits per heavy atom. The average molecular weight is 397 g/mol. The zero-order valence-electron chi connectivity index (χ0n) is 17.5. The fourth-order valence-corrected chi connectivity index (χ4v) is 4.84. The van der Waals surface area contributed by atoms with Gasteiger partial charge < -0.3 is 5.11 Å². The Kier molecular flexibility index (Phi) is 5.14. The number of aromatic nitrogens is 2. The molecule has 0 saturated heterocycles. The molecule has 4 aromatic rings. The van der Waals surface area contributed by atoms with E-state index in [-0.39, 0.29) is 0 Å². The maximum absolute atomic E-state index is 11.3. The van der Waals surface area contributed by atoms with Gasteiger partial charge in [-0.1, -0.05) is 67.3 Å². The largest absolute Gasteiger partial charge is 0.384 e. The molecule has 3 nitrogen and oxygen atoms in total. The van der Waals surface area contributed by atoms with Crippen molar-refractivity contribution in [3.8, 4) is 5.69 Å². The van der Waals surface area contributed by atoms with Gasteiger partial charge in [-0.05, 0) is 66.6 Å². The zero-order valence-corrected chi connectivity index (χ0v) is 17.5. The molecule has 1 unspecified atom stereocenters. The van der Waals surface area contributed by atoms with Crippen molar-refractivity contribution in [3.05, 3.63) is 95.2 Å². The maximum atomic E-state index is 11.3. The molecule has 30 heavy (non-hydrogen) atoms. The molecule has 1 aliphatic rings. The minimum absolute atomic E-state index is 0.567. The van der Waals surface area contributed by atoms with E-state index in [0.717, 1.165) is 27.7 Å². The van der Waals surface area contributed by atoms with Gasteiger partial charge in [0.2, 0.25) is 0 Å². The van der Waals surface area contributed by atoms with Crippen molar-refractivity contribution in [2.24, 2.45) is 0 Å². The van der Waals surface area contributed by atoms with Gasteiger partial charge in [0, 0.05) is 5.39 Å². The standard InChI is InChI=1S/C27H28N2O/c1-19-11-14-23(15-12-19)29-26-16-13-21(17-22(26)18-28-29)27(30)25-10-6-5-9-24(25)20-7-3-2-4-8-20/h5-6,9-18,20,27,30H,2-4,7-8H2,1H3. The molecule has 0 bridgehead atoms. The molecular formula is C27H28N2O. The number of rotatable bonds is 4. The first kappa shape index (κ1) is 19.1. The van der Waals surface area contributed by atoms with Gasteiger partial charge in [-0.15, -0.1) is 0 Å². The van der Waals surface area contributed by atoms with Crippen LogP contribution in [0.15, 0.2) is 72.9 Å². The Morgan fingerprint density at radius 1 is 0.933 bits per heavy atom. The highest BCUT2D eigenvalue weighted by Gasteiger charge is 2.22.